The molecule has 0 radical (unpaired) electrons. The minimum Gasteiger partial charge on any atom is -0.496 e. The first-order valence-corrected chi connectivity index (χ1v) is 12.4. The van der Waals surface area contributed by atoms with Crippen LogP contribution < -0.4 is 21.1 Å². The number of primary amides is 1. The smallest absolute Gasteiger partial charge is 0.283 e. The minimum atomic E-state index is -1.09. The molecule has 1 aromatic heterocycles. The number of hydrogen-bond donors (Lipinski definition) is 4. The Morgan fingerprint density at radius 1 is 1.13 bits per heavy atom. The first kappa shape index (κ1) is 26.7. The topological polar surface area (TPSA) is 126 Å². The van der Waals surface area contributed by atoms with Crippen molar-refractivity contribution in [2.45, 2.75) is 33.1 Å². The van der Waals surface area contributed by atoms with Gasteiger partial charge < -0.3 is 26.1 Å². The molecule has 1 aliphatic carbocycles. The molecule has 198 valence electrons. The number of H-pyrrole nitrogens is 1. The summed E-state index contributed by atoms with van der Waals surface area (Å²) in [4.78, 5) is 40.1. The summed E-state index contributed by atoms with van der Waals surface area (Å²) in [7, 11) is 1.49. The highest BCUT2D eigenvalue weighted by Gasteiger charge is 2.25. The predicted octanol–water partition coefficient (Wildman–Crippen LogP) is 5.02. The summed E-state index contributed by atoms with van der Waals surface area (Å²) in [6.07, 6.45) is 3.45. The number of carbonyl (C=O) groups is 3. The molecule has 3 aromatic rings. The van der Waals surface area contributed by atoms with Gasteiger partial charge in [0.15, 0.2) is 5.83 Å². The Labute approximate surface area is 220 Å². The summed E-state index contributed by atoms with van der Waals surface area (Å²) in [6.45, 7) is 7.30. The molecule has 4 rings (SSSR count). The third kappa shape index (κ3) is 5.32. The molecule has 0 unspecified atom stereocenters. The normalized spacial score (nSPS) is 12.9. The van der Waals surface area contributed by atoms with E-state index >= 15 is 0 Å². The molecule has 9 heteroatoms. The Kier molecular flexibility index (Phi) is 7.66. The number of halogens is 1. The van der Waals surface area contributed by atoms with Crippen LogP contribution in [0.5, 0.6) is 5.75 Å². The monoisotopic (exact) mass is 518 g/mol. The molecule has 0 spiro atoms. The van der Waals surface area contributed by atoms with Gasteiger partial charge in [-0.25, -0.2) is 4.39 Å². The molecule has 0 aliphatic heterocycles. The van der Waals surface area contributed by atoms with Crippen molar-refractivity contribution in [3.8, 4) is 28.0 Å². The number of nitrogens with one attached hydrogen (secondary N) is 3. The average molecular weight is 519 g/mol. The van der Waals surface area contributed by atoms with Crippen molar-refractivity contribution in [2.75, 3.05) is 19.0 Å². The van der Waals surface area contributed by atoms with Gasteiger partial charge in [0.25, 0.3) is 17.7 Å². The number of aromatic nitrogens is 1. The number of aryl methyl sites for hydroxylation is 2. The van der Waals surface area contributed by atoms with E-state index in [1.54, 1.807) is 36.4 Å². The maximum atomic E-state index is 13.1. The second kappa shape index (κ2) is 10.9. The second-order valence-electron chi connectivity index (χ2n) is 9.55. The maximum Gasteiger partial charge on any atom is 0.283 e. The largest absolute Gasteiger partial charge is 0.496 e. The first-order valence-electron chi connectivity index (χ1n) is 12.4. The average Bonchev–Trinajstić information content (AvgIpc) is 3.19. The van der Waals surface area contributed by atoms with Gasteiger partial charge in [0.2, 0.25) is 0 Å². The zero-order valence-corrected chi connectivity index (χ0v) is 21.7. The van der Waals surface area contributed by atoms with Gasteiger partial charge in [-0.2, -0.15) is 0 Å². The highest BCUT2D eigenvalue weighted by Crippen LogP contribution is 2.41. The van der Waals surface area contributed by atoms with Crippen LogP contribution in [0.1, 0.15) is 51.4 Å². The van der Waals surface area contributed by atoms with E-state index < -0.39 is 17.6 Å². The molecule has 0 bridgehead atoms. The fraction of sp³-hybridized carbons (Fsp3) is 0.276. The Morgan fingerprint density at radius 3 is 2.45 bits per heavy atom. The van der Waals surface area contributed by atoms with E-state index in [0.29, 0.717) is 46.3 Å². The van der Waals surface area contributed by atoms with E-state index in [9.17, 15) is 18.8 Å². The summed E-state index contributed by atoms with van der Waals surface area (Å²) in [5, 5.41) is 5.43. The molecule has 1 saturated carbocycles. The van der Waals surface area contributed by atoms with Gasteiger partial charge in [-0.1, -0.05) is 25.1 Å². The molecule has 3 amide bonds. The highest BCUT2D eigenvalue weighted by molar-refractivity contribution is 6.06. The molecule has 5 N–H and O–H groups in total. The van der Waals surface area contributed by atoms with Crippen LogP contribution in [0.3, 0.4) is 0 Å². The number of nitrogens with two attached hydrogens (primary N) is 1. The molecule has 0 saturated heterocycles. The highest BCUT2D eigenvalue weighted by atomic mass is 19.1. The van der Waals surface area contributed by atoms with Gasteiger partial charge in [0.05, 0.1) is 12.7 Å². The molecular weight excluding hydrogens is 487 g/mol. The number of aromatic amines is 1. The number of rotatable bonds is 9. The predicted molar refractivity (Wildman–Crippen MR) is 145 cm³/mol. The Balaban J connectivity index is 1.75. The van der Waals surface area contributed by atoms with E-state index in [1.165, 1.54) is 13.5 Å². The number of amides is 3. The van der Waals surface area contributed by atoms with Crippen LogP contribution in [0.25, 0.3) is 22.3 Å². The minimum absolute atomic E-state index is 0.215. The van der Waals surface area contributed by atoms with Crippen LogP contribution in [0.4, 0.5) is 10.1 Å². The molecule has 2 aromatic carbocycles. The SMILES string of the molecule is C=C(F)C(=O)Nc1ccc(-c2c(C)[nH]c(C(N)=O)c2-c2ccc(C(=O)NCC3CCC3)c(OC)c2)c(C)c1. The standard InChI is InChI=1S/C29H31FN4O4/c1-15-12-20(34-28(36)16(2)30)9-11-21(15)24-17(3)33-26(27(31)35)25(24)19-8-10-22(23(13-19)38-4)29(37)32-14-18-6-5-7-18/h8-13,18,33H,2,5-7,14H2,1,3-4H3,(H2,31,35)(H,32,37)(H,34,36). The number of methoxy groups -OCH3 is 1. The van der Waals surface area contributed by atoms with Crippen molar-refractivity contribution in [1.82, 2.24) is 10.3 Å². The van der Waals surface area contributed by atoms with Crippen molar-refractivity contribution >= 4 is 23.4 Å². The van der Waals surface area contributed by atoms with Crippen molar-refractivity contribution in [2.24, 2.45) is 11.7 Å². The number of benzene rings is 2. The Hall–Kier alpha value is -4.40. The lowest BCUT2D eigenvalue weighted by molar-refractivity contribution is -0.114. The maximum absolute atomic E-state index is 13.1. The van der Waals surface area contributed by atoms with Gasteiger partial charge in [0.1, 0.15) is 11.4 Å². The molecule has 1 aliphatic rings. The van der Waals surface area contributed by atoms with Gasteiger partial charge in [-0.05, 0) is 73.6 Å². The van der Waals surface area contributed by atoms with Gasteiger partial charge in [0, 0.05) is 29.1 Å². The lowest BCUT2D eigenvalue weighted by Crippen LogP contribution is -2.32. The number of anilines is 1. The van der Waals surface area contributed by atoms with Crippen LogP contribution in [-0.2, 0) is 4.79 Å². The van der Waals surface area contributed by atoms with Gasteiger partial charge in [-0.15, -0.1) is 0 Å². The Morgan fingerprint density at radius 2 is 1.87 bits per heavy atom. The van der Waals surface area contributed by atoms with Crippen molar-refractivity contribution in [1.29, 1.82) is 0 Å². The summed E-state index contributed by atoms with van der Waals surface area (Å²) < 4.78 is 18.7. The first-order chi connectivity index (χ1) is 18.1. The van der Waals surface area contributed by atoms with Crippen LogP contribution in [0, 0.1) is 19.8 Å². The van der Waals surface area contributed by atoms with E-state index in [0.717, 1.165) is 29.5 Å². The quantitative estimate of drug-likeness (QED) is 0.297. The summed E-state index contributed by atoms with van der Waals surface area (Å²) in [6, 6.07) is 10.3. The molecule has 1 heterocycles. The lowest BCUT2D eigenvalue weighted by Gasteiger charge is -2.25. The van der Waals surface area contributed by atoms with Crippen molar-refractivity contribution in [3.63, 3.8) is 0 Å². The van der Waals surface area contributed by atoms with Crippen LogP contribution >= 0.6 is 0 Å². The molecule has 8 nitrogen and oxygen atoms in total. The van der Waals surface area contributed by atoms with E-state index in [4.69, 9.17) is 10.5 Å². The molecule has 1 fully saturated rings. The van der Waals surface area contributed by atoms with Gasteiger partial charge >= 0.3 is 0 Å². The van der Waals surface area contributed by atoms with Crippen LogP contribution in [0.2, 0.25) is 0 Å². The second-order valence-corrected chi connectivity index (χ2v) is 9.55. The fourth-order valence-electron chi connectivity index (χ4n) is 4.72. The molecule has 0 atom stereocenters. The van der Waals surface area contributed by atoms with E-state index in [-0.39, 0.29) is 11.6 Å². The third-order valence-electron chi connectivity index (χ3n) is 6.94. The number of carbonyl (C=O) groups excluding carboxylic acids is 3. The van der Waals surface area contributed by atoms with Crippen molar-refractivity contribution < 1.29 is 23.5 Å². The van der Waals surface area contributed by atoms with Crippen LogP contribution in [0.15, 0.2) is 48.8 Å². The van der Waals surface area contributed by atoms with Gasteiger partial charge in [-0.3, -0.25) is 14.4 Å². The summed E-state index contributed by atoms with van der Waals surface area (Å²) in [5.74, 6) is -1.98. The third-order valence-corrected chi connectivity index (χ3v) is 6.94. The zero-order chi connectivity index (χ0) is 27.6. The summed E-state index contributed by atoms with van der Waals surface area (Å²) >= 11 is 0. The molecular formula is C29H31FN4O4. The van der Waals surface area contributed by atoms with E-state index in [2.05, 4.69) is 22.2 Å². The molecule has 38 heavy (non-hydrogen) atoms. The Bertz CT molecular complexity index is 1440. The fourth-order valence-corrected chi connectivity index (χ4v) is 4.72. The lowest BCUT2D eigenvalue weighted by atomic mass is 9.85. The van der Waals surface area contributed by atoms with Crippen molar-refractivity contribution in [3.05, 3.63) is 71.3 Å². The zero-order valence-electron chi connectivity index (χ0n) is 21.7. The number of ether oxygens (including phenoxy) is 1. The van der Waals surface area contributed by atoms with E-state index in [1.807, 2.05) is 13.8 Å². The summed E-state index contributed by atoms with van der Waals surface area (Å²) in [5.41, 5.74) is 10.9. The number of hydrogen-bond acceptors (Lipinski definition) is 4. The van der Waals surface area contributed by atoms with Crippen LogP contribution in [-0.4, -0.2) is 36.4 Å².